The van der Waals surface area contributed by atoms with E-state index in [-0.39, 0.29) is 18.7 Å². The first-order valence-corrected chi connectivity index (χ1v) is 14.9. The molecule has 0 radical (unpaired) electrons. The summed E-state index contributed by atoms with van der Waals surface area (Å²) in [5, 5.41) is 11.2. The summed E-state index contributed by atoms with van der Waals surface area (Å²) in [6.45, 7) is 6.39. The maximum absolute atomic E-state index is 11.3. The fourth-order valence-corrected chi connectivity index (χ4v) is 4.01. The van der Waals surface area contributed by atoms with E-state index in [9.17, 15) is 9.59 Å². The highest BCUT2D eigenvalue weighted by molar-refractivity contribution is 5.80. The first-order valence-electron chi connectivity index (χ1n) is 14.9. The Labute approximate surface area is 221 Å². The Bertz CT molecular complexity index is 475. The summed E-state index contributed by atoms with van der Waals surface area (Å²) in [6.07, 6.45) is 22.7. The molecule has 0 spiro atoms. The van der Waals surface area contributed by atoms with Gasteiger partial charge in [0.15, 0.2) is 0 Å². The van der Waals surface area contributed by atoms with Gasteiger partial charge in [0, 0.05) is 26.2 Å². The van der Waals surface area contributed by atoms with E-state index in [1.165, 1.54) is 96.3 Å². The van der Waals surface area contributed by atoms with Crippen LogP contribution in [0.3, 0.4) is 0 Å². The van der Waals surface area contributed by atoms with Crippen molar-refractivity contribution < 1.29 is 28.9 Å². The number of rotatable bonds is 30. The fraction of sp³-hybridized carbons (Fsp3) is 0.931. The van der Waals surface area contributed by atoms with Crippen molar-refractivity contribution in [2.24, 2.45) is 0 Å². The molecule has 7 heteroatoms. The van der Waals surface area contributed by atoms with Gasteiger partial charge in [-0.25, -0.2) is 0 Å². The average Bonchev–Trinajstić information content (AvgIpc) is 2.87. The number of hydrogen-bond acceptors (Lipinski definition) is 5. The normalized spacial score (nSPS) is 11.1. The van der Waals surface area contributed by atoms with E-state index in [0.717, 1.165) is 13.0 Å². The minimum atomic E-state index is -0.959. The quantitative estimate of drug-likeness (QED) is 0.104. The summed E-state index contributed by atoms with van der Waals surface area (Å²) in [7, 11) is 0. The Hall–Kier alpha value is -1.18. The zero-order valence-electron chi connectivity index (χ0n) is 23.4. The van der Waals surface area contributed by atoms with E-state index in [0.29, 0.717) is 46.0 Å². The highest BCUT2D eigenvalue weighted by Crippen LogP contribution is 2.13. The van der Waals surface area contributed by atoms with Crippen LogP contribution in [0.5, 0.6) is 0 Å². The highest BCUT2D eigenvalue weighted by Gasteiger charge is 2.04. The maximum Gasteiger partial charge on any atom is 0.303 e. The molecule has 0 rings (SSSR count). The minimum Gasteiger partial charge on any atom is -0.481 e. The van der Waals surface area contributed by atoms with Crippen molar-refractivity contribution in [1.29, 1.82) is 0 Å². The average molecular weight is 516 g/mol. The molecule has 36 heavy (non-hydrogen) atoms. The lowest BCUT2D eigenvalue weighted by Gasteiger charge is -2.07. The standard InChI is InChI=1S/C29H57NO6/c1-2-3-4-5-6-7-8-9-10-11-12-13-14-15-16-17-22-34-24-26-36-27-25-35-23-18-21-30-28(31)19-20-29(32)33/h2-27H2,1H3,(H,30,31)(H,32,33). The number of hydrogen-bond donors (Lipinski definition) is 2. The Morgan fingerprint density at radius 3 is 1.36 bits per heavy atom. The number of nitrogens with one attached hydrogen (secondary N) is 1. The van der Waals surface area contributed by atoms with Crippen LogP contribution in [0, 0.1) is 0 Å². The van der Waals surface area contributed by atoms with Crippen LogP contribution < -0.4 is 5.32 Å². The van der Waals surface area contributed by atoms with Gasteiger partial charge >= 0.3 is 5.97 Å². The second-order valence-corrected chi connectivity index (χ2v) is 9.74. The molecule has 0 aliphatic heterocycles. The number of carboxylic acids is 1. The van der Waals surface area contributed by atoms with Crippen molar-refractivity contribution in [1.82, 2.24) is 5.32 Å². The summed E-state index contributed by atoms with van der Waals surface area (Å²) in [5.41, 5.74) is 0. The monoisotopic (exact) mass is 515 g/mol. The topological polar surface area (TPSA) is 94.1 Å². The first kappa shape index (κ1) is 34.8. The van der Waals surface area contributed by atoms with Crippen LogP contribution in [0.25, 0.3) is 0 Å². The van der Waals surface area contributed by atoms with Crippen LogP contribution >= 0.6 is 0 Å². The number of aliphatic carboxylic acids is 1. The molecule has 0 fully saturated rings. The van der Waals surface area contributed by atoms with Gasteiger partial charge in [0.25, 0.3) is 0 Å². The minimum absolute atomic E-state index is 0.0194. The van der Waals surface area contributed by atoms with Gasteiger partial charge in [-0.05, 0) is 12.8 Å². The van der Waals surface area contributed by atoms with Gasteiger partial charge in [0.05, 0.1) is 32.8 Å². The van der Waals surface area contributed by atoms with Crippen LogP contribution in [-0.2, 0) is 23.8 Å². The van der Waals surface area contributed by atoms with E-state index in [1.807, 2.05) is 0 Å². The summed E-state index contributed by atoms with van der Waals surface area (Å²) in [5.74, 6) is -1.19. The van der Waals surface area contributed by atoms with Crippen molar-refractivity contribution in [3.05, 3.63) is 0 Å². The zero-order chi connectivity index (χ0) is 26.4. The van der Waals surface area contributed by atoms with Crippen molar-refractivity contribution in [3.63, 3.8) is 0 Å². The fourth-order valence-electron chi connectivity index (χ4n) is 4.01. The Morgan fingerprint density at radius 1 is 0.528 bits per heavy atom. The number of carbonyl (C=O) groups excluding carboxylic acids is 1. The number of carboxylic acid groups (broad SMARTS) is 1. The molecular formula is C29H57NO6. The molecule has 0 saturated carbocycles. The lowest BCUT2D eigenvalue weighted by molar-refractivity contribution is -0.138. The molecular weight excluding hydrogens is 458 g/mol. The second-order valence-electron chi connectivity index (χ2n) is 9.74. The third kappa shape index (κ3) is 30.9. The molecule has 0 saturated heterocycles. The van der Waals surface area contributed by atoms with E-state index in [2.05, 4.69) is 12.2 Å². The largest absolute Gasteiger partial charge is 0.481 e. The molecule has 0 unspecified atom stereocenters. The van der Waals surface area contributed by atoms with Crippen LogP contribution in [-0.4, -0.2) is 63.2 Å². The van der Waals surface area contributed by atoms with Crippen LogP contribution in [0.2, 0.25) is 0 Å². The molecule has 0 aliphatic rings. The third-order valence-corrected chi connectivity index (χ3v) is 6.24. The molecule has 214 valence electrons. The summed E-state index contributed by atoms with van der Waals surface area (Å²) in [4.78, 5) is 21.7. The summed E-state index contributed by atoms with van der Waals surface area (Å²) in [6, 6.07) is 0. The molecule has 0 aliphatic carbocycles. The lowest BCUT2D eigenvalue weighted by Crippen LogP contribution is -2.25. The van der Waals surface area contributed by atoms with Crippen molar-refractivity contribution in [2.45, 2.75) is 129 Å². The maximum atomic E-state index is 11.3. The Balaban J connectivity index is 3.07. The molecule has 1 amide bonds. The number of ether oxygens (including phenoxy) is 3. The van der Waals surface area contributed by atoms with E-state index < -0.39 is 5.97 Å². The van der Waals surface area contributed by atoms with Crippen molar-refractivity contribution >= 4 is 11.9 Å². The molecule has 2 N–H and O–H groups in total. The molecule has 7 nitrogen and oxygen atoms in total. The molecule has 0 aromatic carbocycles. The van der Waals surface area contributed by atoms with E-state index in [1.54, 1.807) is 0 Å². The summed E-state index contributed by atoms with van der Waals surface area (Å²) < 4.78 is 16.6. The number of carbonyl (C=O) groups is 2. The SMILES string of the molecule is CCCCCCCCCCCCCCCCCCOCCOCCOCCCNC(=O)CCC(=O)O. The highest BCUT2D eigenvalue weighted by atomic mass is 16.5. The number of unbranched alkanes of at least 4 members (excludes halogenated alkanes) is 15. The predicted molar refractivity (Wildman–Crippen MR) is 146 cm³/mol. The molecule has 0 aromatic heterocycles. The van der Waals surface area contributed by atoms with E-state index >= 15 is 0 Å². The van der Waals surface area contributed by atoms with E-state index in [4.69, 9.17) is 19.3 Å². The van der Waals surface area contributed by atoms with Gasteiger partial charge in [0.2, 0.25) is 5.91 Å². The Morgan fingerprint density at radius 2 is 0.917 bits per heavy atom. The summed E-state index contributed by atoms with van der Waals surface area (Å²) >= 11 is 0. The Kier molecular flexibility index (Phi) is 29.1. The predicted octanol–water partition coefficient (Wildman–Crippen LogP) is 6.67. The molecule has 0 atom stereocenters. The molecule has 0 heterocycles. The first-order chi connectivity index (χ1) is 17.7. The van der Waals surface area contributed by atoms with Crippen LogP contribution in [0.4, 0.5) is 0 Å². The van der Waals surface area contributed by atoms with Gasteiger partial charge in [-0.15, -0.1) is 0 Å². The number of amides is 1. The van der Waals surface area contributed by atoms with Gasteiger partial charge in [-0.1, -0.05) is 103 Å². The smallest absolute Gasteiger partial charge is 0.303 e. The molecule has 0 aromatic rings. The van der Waals surface area contributed by atoms with Crippen LogP contribution in [0.15, 0.2) is 0 Å². The van der Waals surface area contributed by atoms with Crippen molar-refractivity contribution in [2.75, 3.05) is 46.2 Å². The van der Waals surface area contributed by atoms with Gasteiger partial charge in [0.1, 0.15) is 0 Å². The second kappa shape index (κ2) is 30.0. The van der Waals surface area contributed by atoms with Gasteiger partial charge in [-0.3, -0.25) is 9.59 Å². The lowest BCUT2D eigenvalue weighted by atomic mass is 10.0. The van der Waals surface area contributed by atoms with Gasteiger partial charge in [-0.2, -0.15) is 0 Å². The third-order valence-electron chi connectivity index (χ3n) is 6.24. The zero-order valence-corrected chi connectivity index (χ0v) is 23.4. The molecule has 0 bridgehead atoms. The van der Waals surface area contributed by atoms with Gasteiger partial charge < -0.3 is 24.6 Å². The van der Waals surface area contributed by atoms with Crippen molar-refractivity contribution in [3.8, 4) is 0 Å². The van der Waals surface area contributed by atoms with Crippen LogP contribution in [0.1, 0.15) is 129 Å².